The quantitative estimate of drug-likeness (QED) is 0.0116. The number of hydrogen-bond donors (Lipinski definition) is 23. The fourth-order valence-corrected chi connectivity index (χ4v) is 10.6. The van der Waals surface area contributed by atoms with Crippen molar-refractivity contribution in [1.29, 1.82) is 0 Å². The van der Waals surface area contributed by atoms with Crippen LogP contribution >= 0.6 is 25.3 Å². The first kappa shape index (κ1) is 88.9. The van der Waals surface area contributed by atoms with Crippen LogP contribution < -0.4 is 105 Å². The highest BCUT2D eigenvalue weighted by Gasteiger charge is 2.40. The van der Waals surface area contributed by atoms with E-state index in [0.717, 1.165) is 6.42 Å². The van der Waals surface area contributed by atoms with Crippen LogP contribution in [0.2, 0.25) is 0 Å². The van der Waals surface area contributed by atoms with E-state index in [1.807, 2.05) is 0 Å². The summed E-state index contributed by atoms with van der Waals surface area (Å²) in [7, 11) is 0. The van der Waals surface area contributed by atoms with Gasteiger partial charge in [0.25, 0.3) is 0 Å². The predicted octanol–water partition coefficient (Wildman–Crippen LogP) is -7.30. The molecule has 1 aliphatic rings. The maximum atomic E-state index is 15.0. The third kappa shape index (κ3) is 34.6. The average Bonchev–Trinajstić information content (AvgIpc) is 0.820. The van der Waals surface area contributed by atoms with Crippen molar-refractivity contribution in [1.82, 2.24) is 58.1 Å². The Bertz CT molecular complexity index is 2850. The molecule has 11 amide bonds. The number of hydrogen-bond acceptors (Lipinski definition) is 20. The number of carbonyl (C=O) groups excluding carboxylic acids is 11. The Labute approximate surface area is 592 Å². The van der Waals surface area contributed by atoms with Gasteiger partial charge in [0.15, 0.2) is 23.8 Å². The fourth-order valence-electron chi connectivity index (χ4n) is 10.1. The first-order valence-corrected chi connectivity index (χ1v) is 34.3. The molecule has 0 saturated heterocycles. The topological polar surface area (TPSA) is 670 Å². The fraction of sp³-hybridized carbons (Fsp3) is 0.712. The smallest absolute Gasteiger partial charge is 0.327 e. The summed E-state index contributed by atoms with van der Waals surface area (Å²) in [5.41, 5.74) is 49.8. The summed E-state index contributed by atoms with van der Waals surface area (Å²) in [6.07, 6.45) is 2.70. The number of thiol groups is 2. The largest absolute Gasteiger partial charge is 0.481 e. The van der Waals surface area contributed by atoms with Crippen molar-refractivity contribution in [3.63, 3.8) is 0 Å². The molecule has 566 valence electrons. The molecular weight excluding hydrogens is 1350 g/mol. The number of rotatable bonds is 48. The zero-order chi connectivity index (χ0) is 75.8. The molecule has 41 heteroatoms. The molecule has 0 radical (unpaired) electrons. The van der Waals surface area contributed by atoms with E-state index in [9.17, 15) is 67.7 Å². The van der Waals surface area contributed by atoms with Crippen molar-refractivity contribution >= 4 is 126 Å². The molecule has 0 unspecified atom stereocenters. The standard InChI is InChI=1S/C59H108N24O15S2/c1-6-30(3)44(53(95)77-35(18-12-22-70-57(63)64)48(90)80-39(29-100)55(97)98)81-49(91)36(19-13-23-71-58(65)66)76-50(92)37(25-43(86)87)78-54(96)45(31(4)7-2)82-52(94)40(20-14-24-72-59(67)68)83(33-15-9-8-10-16-33)42(85)27-73-41(84)26-74-46(88)32(5)75-51(93)38(28-99)79-47(89)34(60)17-11-21-69-56(61)62/h30-40,44-45,99-100H,6-29,60H2,1-5H3,(H,73,84)(H,74,88)(H,75,93)(H,76,92)(H,77,95)(H,78,96)(H,79,89)(H,80,90)(H,81,91)(H,82,94)(H,86,87)(H,97,98)(H4,61,62,69)(H4,63,64,70)(H4,65,66,71)(H4,67,68,72)/t30-,31-,32-,34-,35-,36-,37-,38-,39-,40-,44-,45-/m0/s1. The lowest BCUT2D eigenvalue weighted by atomic mass is 9.91. The average molecular weight is 1460 g/mol. The zero-order valence-electron chi connectivity index (χ0n) is 57.5. The van der Waals surface area contributed by atoms with Crippen LogP contribution in [-0.2, 0) is 62.3 Å². The molecule has 0 aromatic rings. The van der Waals surface area contributed by atoms with Crippen LogP contribution in [0.1, 0.15) is 137 Å². The van der Waals surface area contributed by atoms with Crippen LogP contribution in [0.3, 0.4) is 0 Å². The molecule has 0 spiro atoms. The zero-order valence-corrected chi connectivity index (χ0v) is 59.3. The van der Waals surface area contributed by atoms with Gasteiger partial charge in [-0.15, -0.1) is 0 Å². The summed E-state index contributed by atoms with van der Waals surface area (Å²) in [5, 5.41) is 44.7. The number of nitrogens with one attached hydrogen (secondary N) is 10. The molecule has 39 nitrogen and oxygen atoms in total. The van der Waals surface area contributed by atoms with E-state index in [2.05, 4.69) is 98.4 Å². The number of carboxylic acids is 2. The summed E-state index contributed by atoms with van der Waals surface area (Å²) in [5.74, 6) is -15.6. The van der Waals surface area contributed by atoms with Gasteiger partial charge in [0.1, 0.15) is 54.4 Å². The molecule has 12 atom stereocenters. The first-order valence-electron chi connectivity index (χ1n) is 33.0. The molecule has 1 rings (SSSR count). The van der Waals surface area contributed by atoms with Crippen LogP contribution in [0.15, 0.2) is 20.0 Å². The van der Waals surface area contributed by atoms with Crippen molar-refractivity contribution in [2.45, 2.75) is 204 Å². The summed E-state index contributed by atoms with van der Waals surface area (Å²) in [6, 6.07) is -14.8. The highest BCUT2D eigenvalue weighted by molar-refractivity contribution is 7.80. The second kappa shape index (κ2) is 47.8. The number of nitrogens with two attached hydrogens (primary N) is 9. The van der Waals surface area contributed by atoms with Crippen molar-refractivity contribution < 1.29 is 72.5 Å². The minimum Gasteiger partial charge on any atom is -0.481 e. The van der Waals surface area contributed by atoms with E-state index in [4.69, 9.17) is 51.6 Å². The predicted molar refractivity (Wildman–Crippen MR) is 379 cm³/mol. The van der Waals surface area contributed by atoms with Gasteiger partial charge in [-0.2, -0.15) is 25.3 Å². The van der Waals surface area contributed by atoms with Gasteiger partial charge < -0.3 is 120 Å². The summed E-state index contributed by atoms with van der Waals surface area (Å²) < 4.78 is 0. The number of aliphatic imine (C=N–C) groups is 4. The third-order valence-corrected chi connectivity index (χ3v) is 16.8. The van der Waals surface area contributed by atoms with Gasteiger partial charge in [-0.25, -0.2) is 4.79 Å². The van der Waals surface area contributed by atoms with Gasteiger partial charge in [-0.1, -0.05) is 59.8 Å². The molecule has 0 aromatic carbocycles. The SMILES string of the molecule is CC[C@H](C)[C@H](NC(=O)[C@H](CCCN=C(N)N)NC(=O)[C@H](CC(=O)O)NC(=O)[C@@H](NC(=O)[C@H](CCCN=C(N)N)N(C(=O)CNC(=O)CNC(=O)[C@H](C)NC(=O)[C@H](CS)NC(=O)[C@@H](N)CCCN=C(N)N)C1CCCCC1)[C@@H](C)CC)C(=O)N[C@@H](CCCN=C(N)N)C(=O)N[C@@H](CS)C(=O)O. The van der Waals surface area contributed by atoms with E-state index < -0.39 is 175 Å². The van der Waals surface area contributed by atoms with E-state index in [1.54, 1.807) is 27.7 Å². The van der Waals surface area contributed by atoms with Gasteiger partial charge in [-0.05, 0) is 83.0 Å². The van der Waals surface area contributed by atoms with Gasteiger partial charge in [0, 0.05) is 43.7 Å². The molecule has 100 heavy (non-hydrogen) atoms. The Balaban J connectivity index is 3.63. The lowest BCUT2D eigenvalue weighted by Crippen LogP contribution is -2.62. The van der Waals surface area contributed by atoms with Crippen LogP contribution in [0, 0.1) is 11.8 Å². The summed E-state index contributed by atoms with van der Waals surface area (Å²) in [6.45, 7) is 6.69. The first-order chi connectivity index (χ1) is 47.1. The Morgan fingerprint density at radius 3 is 1.31 bits per heavy atom. The number of guanidine groups is 4. The van der Waals surface area contributed by atoms with Crippen molar-refractivity contribution in [2.75, 3.05) is 50.8 Å². The van der Waals surface area contributed by atoms with E-state index in [1.165, 1.54) is 11.8 Å². The van der Waals surface area contributed by atoms with Gasteiger partial charge in [-0.3, -0.25) is 77.5 Å². The normalized spacial score (nSPS) is 15.6. The van der Waals surface area contributed by atoms with Crippen LogP contribution in [0.4, 0.5) is 0 Å². The number of nitrogens with zero attached hydrogens (tertiary/aromatic N) is 5. The van der Waals surface area contributed by atoms with Crippen molar-refractivity contribution in [2.24, 2.45) is 83.4 Å². The Morgan fingerprint density at radius 1 is 0.460 bits per heavy atom. The maximum Gasteiger partial charge on any atom is 0.327 e. The number of aliphatic carboxylic acids is 2. The molecule has 1 aliphatic carbocycles. The van der Waals surface area contributed by atoms with Crippen LogP contribution in [0.5, 0.6) is 0 Å². The second-order valence-corrected chi connectivity index (χ2v) is 24.8. The third-order valence-electron chi connectivity index (χ3n) is 16.1. The van der Waals surface area contributed by atoms with Crippen molar-refractivity contribution in [3.05, 3.63) is 0 Å². The van der Waals surface area contributed by atoms with Crippen molar-refractivity contribution in [3.8, 4) is 0 Å². The summed E-state index contributed by atoms with van der Waals surface area (Å²) >= 11 is 8.14. The molecule has 1 fully saturated rings. The van der Waals surface area contributed by atoms with Crippen LogP contribution in [-0.4, -0.2) is 233 Å². The second-order valence-electron chi connectivity index (χ2n) is 24.1. The Kier molecular flexibility index (Phi) is 42.5. The highest BCUT2D eigenvalue weighted by atomic mass is 32.1. The molecular formula is C59H108N24O15S2. The van der Waals surface area contributed by atoms with Gasteiger partial charge >= 0.3 is 11.9 Å². The Morgan fingerprint density at radius 2 is 0.860 bits per heavy atom. The summed E-state index contributed by atoms with van der Waals surface area (Å²) in [4.78, 5) is 194. The van der Waals surface area contributed by atoms with Crippen LogP contribution in [0.25, 0.3) is 0 Å². The molecule has 1 saturated carbocycles. The minimum atomic E-state index is -1.94. The lowest BCUT2D eigenvalue weighted by Gasteiger charge is -2.40. The lowest BCUT2D eigenvalue weighted by molar-refractivity contribution is -0.145. The van der Waals surface area contributed by atoms with Gasteiger partial charge in [0.05, 0.1) is 25.6 Å². The molecule has 0 heterocycles. The molecule has 0 aromatic heterocycles. The molecule has 30 N–H and O–H groups in total. The minimum absolute atomic E-state index is 0.00871. The molecule has 0 bridgehead atoms. The monoisotopic (exact) mass is 1460 g/mol. The van der Waals surface area contributed by atoms with E-state index in [-0.39, 0.29) is 119 Å². The number of carbonyl (C=O) groups is 13. The maximum absolute atomic E-state index is 15.0. The Hall–Kier alpha value is -9.15. The van der Waals surface area contributed by atoms with E-state index >= 15 is 4.79 Å². The number of carboxylic acid groups (broad SMARTS) is 2. The highest BCUT2D eigenvalue weighted by Crippen LogP contribution is 2.27. The van der Waals surface area contributed by atoms with E-state index in [0.29, 0.717) is 32.1 Å². The number of amides is 11. The molecule has 0 aliphatic heterocycles. The van der Waals surface area contributed by atoms with Gasteiger partial charge in [0.2, 0.25) is 65.0 Å².